The molecule has 0 saturated heterocycles. The van der Waals surface area contributed by atoms with Crippen molar-refractivity contribution in [2.75, 3.05) is 10.0 Å². The zero-order chi connectivity index (χ0) is 11.7. The molecule has 8 heteroatoms. The van der Waals surface area contributed by atoms with Crippen LogP contribution in [0, 0.1) is 0 Å². The quantitative estimate of drug-likeness (QED) is 0.494. The summed E-state index contributed by atoms with van der Waals surface area (Å²) in [6.07, 6.45) is 0.152. The van der Waals surface area contributed by atoms with Crippen LogP contribution in [0.15, 0.2) is 17.0 Å². The molecule has 0 saturated carbocycles. The number of rotatable bonds is 2. The molecule has 1 aliphatic rings. The van der Waals surface area contributed by atoms with Gasteiger partial charge in [0.15, 0.2) is 0 Å². The van der Waals surface area contributed by atoms with Crippen molar-refractivity contribution in [2.45, 2.75) is 18.0 Å². The first-order valence-electron chi connectivity index (χ1n) is 4.46. The van der Waals surface area contributed by atoms with E-state index in [1.807, 2.05) is 6.92 Å². The van der Waals surface area contributed by atoms with E-state index >= 15 is 0 Å². The smallest absolute Gasteiger partial charge is 0.259 e. The van der Waals surface area contributed by atoms with Gasteiger partial charge in [0.25, 0.3) is 11.3 Å². The SMILES string of the molecule is CC1NSc2cc(NS(=O)O)c(Cl)cc2N1. The Kier molecular flexibility index (Phi) is 3.60. The van der Waals surface area contributed by atoms with Gasteiger partial charge in [-0.15, -0.1) is 0 Å². The Morgan fingerprint density at radius 3 is 3.06 bits per heavy atom. The maximum absolute atomic E-state index is 10.6. The predicted molar refractivity (Wildman–Crippen MR) is 67.9 cm³/mol. The Bertz CT molecular complexity index is 444. The second-order valence-electron chi connectivity index (χ2n) is 3.27. The Balaban J connectivity index is 2.34. The fourth-order valence-corrected chi connectivity index (χ4v) is 2.73. The highest BCUT2D eigenvalue weighted by molar-refractivity contribution is 7.97. The van der Waals surface area contributed by atoms with Crippen LogP contribution in [0.1, 0.15) is 6.92 Å². The molecule has 0 amide bonds. The summed E-state index contributed by atoms with van der Waals surface area (Å²) in [7, 11) is 0. The van der Waals surface area contributed by atoms with E-state index in [4.69, 9.17) is 16.2 Å². The van der Waals surface area contributed by atoms with E-state index < -0.39 is 11.3 Å². The van der Waals surface area contributed by atoms with Crippen molar-refractivity contribution in [3.05, 3.63) is 17.2 Å². The summed E-state index contributed by atoms with van der Waals surface area (Å²) in [6, 6.07) is 3.46. The van der Waals surface area contributed by atoms with Crippen molar-refractivity contribution in [1.82, 2.24) is 4.72 Å². The Morgan fingerprint density at radius 2 is 2.38 bits per heavy atom. The molecule has 2 rings (SSSR count). The minimum Gasteiger partial charge on any atom is -0.368 e. The third-order valence-corrected chi connectivity index (χ3v) is 3.72. The summed E-state index contributed by atoms with van der Waals surface area (Å²) in [5.74, 6) is 0. The van der Waals surface area contributed by atoms with Gasteiger partial charge in [0.1, 0.15) is 0 Å². The average Bonchev–Trinajstić information content (AvgIpc) is 2.19. The van der Waals surface area contributed by atoms with Crippen molar-refractivity contribution in [3.8, 4) is 0 Å². The van der Waals surface area contributed by atoms with Crippen molar-refractivity contribution in [2.24, 2.45) is 0 Å². The van der Waals surface area contributed by atoms with Gasteiger partial charge in [0.05, 0.1) is 22.6 Å². The molecule has 0 radical (unpaired) electrons. The van der Waals surface area contributed by atoms with Gasteiger partial charge in [0, 0.05) is 4.90 Å². The maximum Gasteiger partial charge on any atom is 0.259 e. The number of benzene rings is 1. The highest BCUT2D eigenvalue weighted by Crippen LogP contribution is 2.37. The molecule has 1 aliphatic heterocycles. The second-order valence-corrected chi connectivity index (χ2v) is 5.25. The molecular formula is C8H10ClN3O2S2. The highest BCUT2D eigenvalue weighted by atomic mass is 35.5. The van der Waals surface area contributed by atoms with Crippen LogP contribution >= 0.6 is 23.5 Å². The first kappa shape index (κ1) is 12.0. The molecule has 0 aliphatic carbocycles. The molecule has 0 aromatic heterocycles. The highest BCUT2D eigenvalue weighted by Gasteiger charge is 2.16. The zero-order valence-corrected chi connectivity index (χ0v) is 10.7. The summed E-state index contributed by atoms with van der Waals surface area (Å²) < 4.78 is 24.9. The number of anilines is 2. The Labute approximate surface area is 105 Å². The van der Waals surface area contributed by atoms with Gasteiger partial charge < -0.3 is 5.32 Å². The number of halogens is 1. The number of hydrogen-bond donors (Lipinski definition) is 4. The van der Waals surface area contributed by atoms with Gasteiger partial charge in [-0.3, -0.25) is 9.27 Å². The summed E-state index contributed by atoms with van der Waals surface area (Å²) in [4.78, 5) is 0.926. The van der Waals surface area contributed by atoms with Gasteiger partial charge >= 0.3 is 0 Å². The summed E-state index contributed by atoms with van der Waals surface area (Å²) in [6.45, 7) is 1.98. The molecule has 0 bridgehead atoms. The second kappa shape index (κ2) is 4.80. The minimum atomic E-state index is -2.12. The van der Waals surface area contributed by atoms with Crippen LogP contribution in [0.5, 0.6) is 0 Å². The van der Waals surface area contributed by atoms with Gasteiger partial charge in [-0.05, 0) is 31.0 Å². The molecule has 2 unspecified atom stereocenters. The molecule has 0 fully saturated rings. The monoisotopic (exact) mass is 279 g/mol. The van der Waals surface area contributed by atoms with Gasteiger partial charge in [-0.1, -0.05) is 11.6 Å². The van der Waals surface area contributed by atoms with Crippen molar-refractivity contribution >= 4 is 46.2 Å². The first-order chi connectivity index (χ1) is 7.56. The van der Waals surface area contributed by atoms with Crippen molar-refractivity contribution in [1.29, 1.82) is 0 Å². The maximum atomic E-state index is 10.6. The third kappa shape index (κ3) is 2.61. The largest absolute Gasteiger partial charge is 0.368 e. The number of hydrogen-bond acceptors (Lipinski definition) is 4. The topological polar surface area (TPSA) is 73.4 Å². The van der Waals surface area contributed by atoms with Crippen LogP contribution in [0.2, 0.25) is 5.02 Å². The lowest BCUT2D eigenvalue weighted by atomic mass is 10.2. The number of nitrogens with one attached hydrogen (secondary N) is 3. The number of fused-ring (bicyclic) bond motifs is 1. The molecule has 1 aromatic rings. The van der Waals surface area contributed by atoms with Crippen molar-refractivity contribution < 1.29 is 8.76 Å². The zero-order valence-electron chi connectivity index (χ0n) is 8.28. The summed E-state index contributed by atoms with van der Waals surface area (Å²) in [5, 5.41) is 3.60. The standard InChI is InChI=1S/C8H10ClN3O2S2/c1-4-10-7-2-5(9)6(12-16(13)14)3-8(7)15-11-4/h2-4,10-12H,1H3,(H,13,14). The van der Waals surface area contributed by atoms with Crippen LogP contribution in [-0.4, -0.2) is 14.9 Å². The molecule has 0 spiro atoms. The van der Waals surface area contributed by atoms with Crippen LogP contribution in [0.3, 0.4) is 0 Å². The van der Waals surface area contributed by atoms with Crippen LogP contribution in [-0.2, 0) is 11.3 Å². The van der Waals surface area contributed by atoms with E-state index in [2.05, 4.69) is 14.8 Å². The molecule has 1 heterocycles. The first-order valence-corrected chi connectivity index (χ1v) is 6.76. The molecule has 5 nitrogen and oxygen atoms in total. The van der Waals surface area contributed by atoms with E-state index in [0.29, 0.717) is 10.7 Å². The van der Waals surface area contributed by atoms with E-state index in [1.165, 1.54) is 11.9 Å². The Morgan fingerprint density at radius 1 is 1.62 bits per heavy atom. The van der Waals surface area contributed by atoms with E-state index in [0.717, 1.165) is 10.6 Å². The van der Waals surface area contributed by atoms with Crippen molar-refractivity contribution in [3.63, 3.8) is 0 Å². The predicted octanol–water partition coefficient (Wildman–Crippen LogP) is 2.26. The van der Waals surface area contributed by atoms with E-state index in [1.54, 1.807) is 12.1 Å². The van der Waals surface area contributed by atoms with Crippen LogP contribution in [0.4, 0.5) is 11.4 Å². The third-order valence-electron chi connectivity index (χ3n) is 1.98. The Hall–Kier alpha value is -0.470. The molecule has 2 atom stereocenters. The normalized spacial score (nSPS) is 20.8. The lowest BCUT2D eigenvalue weighted by Crippen LogP contribution is -2.31. The minimum absolute atomic E-state index is 0.152. The lowest BCUT2D eigenvalue weighted by Gasteiger charge is -2.25. The summed E-state index contributed by atoms with van der Waals surface area (Å²) in [5.41, 5.74) is 1.35. The molecule has 88 valence electrons. The van der Waals surface area contributed by atoms with E-state index in [9.17, 15) is 4.21 Å². The molecular weight excluding hydrogens is 270 g/mol. The molecule has 1 aromatic carbocycles. The fourth-order valence-electron chi connectivity index (χ4n) is 1.34. The summed E-state index contributed by atoms with van der Waals surface area (Å²) >= 11 is 5.31. The molecule has 16 heavy (non-hydrogen) atoms. The van der Waals surface area contributed by atoms with Crippen LogP contribution < -0.4 is 14.8 Å². The molecule has 4 N–H and O–H groups in total. The average molecular weight is 280 g/mol. The van der Waals surface area contributed by atoms with Gasteiger partial charge in [0.2, 0.25) is 0 Å². The van der Waals surface area contributed by atoms with Gasteiger partial charge in [-0.2, -0.15) is 0 Å². The lowest BCUT2D eigenvalue weighted by molar-refractivity contribution is 0.570. The fraction of sp³-hybridized carbons (Fsp3) is 0.250. The van der Waals surface area contributed by atoms with Crippen LogP contribution in [0.25, 0.3) is 0 Å². The van der Waals surface area contributed by atoms with E-state index in [-0.39, 0.29) is 6.17 Å². The van der Waals surface area contributed by atoms with Gasteiger partial charge in [-0.25, -0.2) is 8.93 Å².